The molecule has 0 radical (unpaired) electrons. The fourth-order valence-electron chi connectivity index (χ4n) is 3.36. The number of carboxylic acid groups (broad SMARTS) is 1. The molecule has 0 saturated heterocycles. The predicted octanol–water partition coefficient (Wildman–Crippen LogP) is 2.70. The summed E-state index contributed by atoms with van der Waals surface area (Å²) >= 11 is 0. The van der Waals surface area contributed by atoms with Crippen molar-refractivity contribution in [1.29, 1.82) is 0 Å². The zero-order chi connectivity index (χ0) is 20.7. The van der Waals surface area contributed by atoms with Gasteiger partial charge in [-0.25, -0.2) is 9.97 Å². The van der Waals surface area contributed by atoms with Gasteiger partial charge in [0.05, 0.1) is 22.1 Å². The van der Waals surface area contributed by atoms with Crippen LogP contribution in [-0.4, -0.2) is 27.3 Å². The van der Waals surface area contributed by atoms with Crippen LogP contribution >= 0.6 is 0 Å². The molecule has 1 aromatic rings. The molecular weight excluding hydrogens is 352 g/mol. The minimum absolute atomic E-state index is 0.0322. The number of aromatic nitrogens is 2. The van der Waals surface area contributed by atoms with E-state index < -0.39 is 5.97 Å². The van der Waals surface area contributed by atoms with Crippen LogP contribution in [0.3, 0.4) is 0 Å². The third-order valence-corrected chi connectivity index (χ3v) is 4.93. The van der Waals surface area contributed by atoms with Gasteiger partial charge < -0.3 is 5.11 Å². The summed E-state index contributed by atoms with van der Waals surface area (Å²) in [4.78, 5) is 31.9. The van der Waals surface area contributed by atoms with E-state index in [2.05, 4.69) is 20.1 Å². The molecule has 0 fully saturated rings. The second kappa shape index (κ2) is 9.93. The van der Waals surface area contributed by atoms with Crippen molar-refractivity contribution in [2.45, 2.75) is 45.4 Å². The second-order valence-electron chi connectivity index (χ2n) is 7.24. The Bertz CT molecular complexity index is 915. The molecule has 28 heavy (non-hydrogen) atoms. The van der Waals surface area contributed by atoms with E-state index >= 15 is 0 Å². The Hall–Kier alpha value is -2.82. The lowest BCUT2D eigenvalue weighted by Crippen LogP contribution is -2.35. The highest BCUT2D eigenvalue weighted by Crippen LogP contribution is 2.27. The summed E-state index contributed by atoms with van der Waals surface area (Å²) in [5.41, 5.74) is 2.26. The number of carbonyl (C=O) groups is 2. The number of nitrogens with zero attached hydrogens (tertiary/aromatic N) is 2. The van der Waals surface area contributed by atoms with E-state index in [4.69, 9.17) is 15.1 Å². The van der Waals surface area contributed by atoms with Crippen molar-refractivity contribution in [3.8, 4) is 0 Å². The van der Waals surface area contributed by atoms with Crippen LogP contribution < -0.4 is 10.7 Å². The molecule has 3 unspecified atom stereocenters. The first-order chi connectivity index (χ1) is 13.4. The smallest absolute Gasteiger partial charge is 0.303 e. The van der Waals surface area contributed by atoms with E-state index in [1.807, 2.05) is 31.2 Å². The normalized spacial score (nSPS) is 17.6. The van der Waals surface area contributed by atoms with Crippen LogP contribution in [0.5, 0.6) is 0 Å². The van der Waals surface area contributed by atoms with Crippen molar-refractivity contribution in [1.82, 2.24) is 9.97 Å². The largest absolute Gasteiger partial charge is 0.481 e. The Balaban J connectivity index is 2.56. The average Bonchev–Trinajstić information content (AvgIpc) is 2.82. The summed E-state index contributed by atoms with van der Waals surface area (Å²) in [5.74, 6) is -0.621. The molecule has 0 bridgehead atoms. The molecule has 5 heteroatoms. The number of fused-ring (bicyclic) bond motifs is 1. The van der Waals surface area contributed by atoms with Crippen LogP contribution in [0.2, 0.25) is 0 Å². The summed E-state index contributed by atoms with van der Waals surface area (Å²) in [6.45, 7) is 11.9. The molecule has 5 nitrogen and oxygen atoms in total. The lowest BCUT2D eigenvalue weighted by atomic mass is 9.88. The summed E-state index contributed by atoms with van der Waals surface area (Å²) in [7, 11) is 0. The molecule has 1 heterocycles. The number of allylic oxidation sites excluding steroid dienone is 4. The number of hydrogen-bond acceptors (Lipinski definition) is 4. The lowest BCUT2D eigenvalue weighted by Gasteiger charge is -2.20. The molecule has 1 aliphatic rings. The first-order valence-electron chi connectivity index (χ1n) is 9.63. The molecule has 1 aliphatic carbocycles. The Morgan fingerprint density at radius 1 is 1.21 bits per heavy atom. The van der Waals surface area contributed by atoms with E-state index in [9.17, 15) is 9.59 Å². The number of rotatable bonds is 10. The number of aryl methyl sites for hydroxylation is 1. The number of aliphatic carboxylic acids is 1. The van der Waals surface area contributed by atoms with Crippen molar-refractivity contribution >= 4 is 24.4 Å². The second-order valence-corrected chi connectivity index (χ2v) is 7.24. The van der Waals surface area contributed by atoms with Crippen LogP contribution in [-0.2, 0) is 16.0 Å². The van der Waals surface area contributed by atoms with Gasteiger partial charge in [0.1, 0.15) is 6.29 Å². The first-order valence-corrected chi connectivity index (χ1v) is 9.63. The maximum atomic E-state index is 11.3. The van der Waals surface area contributed by atoms with Crippen molar-refractivity contribution in [3.05, 3.63) is 59.0 Å². The van der Waals surface area contributed by atoms with E-state index in [-0.39, 0.29) is 24.2 Å². The van der Waals surface area contributed by atoms with Crippen molar-refractivity contribution < 1.29 is 14.7 Å². The van der Waals surface area contributed by atoms with Crippen molar-refractivity contribution in [3.63, 3.8) is 0 Å². The highest BCUT2D eigenvalue weighted by Gasteiger charge is 2.20. The van der Waals surface area contributed by atoms with Gasteiger partial charge in [0, 0.05) is 17.9 Å². The van der Waals surface area contributed by atoms with Crippen LogP contribution in [0.15, 0.2) is 37.0 Å². The van der Waals surface area contributed by atoms with Gasteiger partial charge in [-0.1, -0.05) is 32.1 Å². The zero-order valence-corrected chi connectivity index (χ0v) is 16.6. The Morgan fingerprint density at radius 3 is 2.57 bits per heavy atom. The maximum Gasteiger partial charge on any atom is 0.303 e. The topological polar surface area (TPSA) is 80.2 Å². The molecule has 0 amide bonds. The van der Waals surface area contributed by atoms with Crippen LogP contribution in [0.1, 0.15) is 50.4 Å². The fourth-order valence-corrected chi connectivity index (χ4v) is 3.36. The van der Waals surface area contributed by atoms with Gasteiger partial charge in [-0.15, -0.1) is 13.2 Å². The maximum absolute atomic E-state index is 11.3. The average molecular weight is 380 g/mol. The molecule has 1 N–H and O–H groups in total. The van der Waals surface area contributed by atoms with Gasteiger partial charge in [0.2, 0.25) is 0 Å². The Morgan fingerprint density at radius 2 is 1.96 bits per heavy atom. The lowest BCUT2D eigenvalue weighted by molar-refractivity contribution is -0.137. The molecule has 0 aliphatic heterocycles. The molecule has 2 rings (SSSR count). The molecule has 0 aromatic carbocycles. The van der Waals surface area contributed by atoms with E-state index in [1.54, 1.807) is 6.08 Å². The number of hydrogen-bond donors (Lipinski definition) is 1. The van der Waals surface area contributed by atoms with Crippen LogP contribution in [0, 0.1) is 11.8 Å². The van der Waals surface area contributed by atoms with Crippen LogP contribution in [0.4, 0.5) is 0 Å². The highest BCUT2D eigenvalue weighted by molar-refractivity contribution is 5.86. The summed E-state index contributed by atoms with van der Waals surface area (Å²) < 4.78 is 0. The standard InChI is InChI=1S/C23H28N2O3/c1-5-16(4)18(6-2)23-19(9-7-8-10-22(27)28)24-21-13-17(14-26)11-15(3)12-20(21)25-23/h5-6,11-16,18H,1-2,7-10H2,3-4H3,(H,27,28). The van der Waals surface area contributed by atoms with Gasteiger partial charge in [-0.2, -0.15) is 0 Å². The monoisotopic (exact) mass is 380 g/mol. The Labute approximate surface area is 165 Å². The summed E-state index contributed by atoms with van der Waals surface area (Å²) in [6, 6.07) is 0. The Kier molecular flexibility index (Phi) is 7.61. The van der Waals surface area contributed by atoms with E-state index in [1.165, 1.54) is 0 Å². The summed E-state index contributed by atoms with van der Waals surface area (Å²) in [5, 5.41) is 10.3. The van der Waals surface area contributed by atoms with Crippen molar-refractivity contribution in [2.24, 2.45) is 11.8 Å². The number of carboxylic acids is 1. The van der Waals surface area contributed by atoms with E-state index in [0.29, 0.717) is 30.2 Å². The minimum atomic E-state index is -0.796. The highest BCUT2D eigenvalue weighted by atomic mass is 16.4. The van der Waals surface area contributed by atoms with Gasteiger partial charge in [-0.3, -0.25) is 9.59 Å². The SMILES string of the molecule is C=CC(C)C(C=C)c1nc2c(nc1CCCCC(=O)O)=CC(C=O)=CC(C)C=2. The van der Waals surface area contributed by atoms with E-state index in [0.717, 1.165) is 23.0 Å². The van der Waals surface area contributed by atoms with Gasteiger partial charge in [-0.05, 0) is 43.3 Å². The third kappa shape index (κ3) is 5.35. The number of unbranched alkanes of at least 4 members (excludes halogenated alkanes) is 1. The van der Waals surface area contributed by atoms with Crippen LogP contribution in [0.25, 0.3) is 12.2 Å². The quantitative estimate of drug-likeness (QED) is 0.383. The molecule has 1 aromatic heterocycles. The minimum Gasteiger partial charge on any atom is -0.481 e. The molecule has 0 spiro atoms. The fraction of sp³-hybridized carbons (Fsp3) is 0.391. The summed E-state index contributed by atoms with van der Waals surface area (Å²) in [6.07, 6.45) is 12.3. The molecule has 148 valence electrons. The molecule has 0 saturated carbocycles. The van der Waals surface area contributed by atoms with Gasteiger partial charge in [0.15, 0.2) is 0 Å². The van der Waals surface area contributed by atoms with Gasteiger partial charge >= 0.3 is 5.97 Å². The predicted molar refractivity (Wildman–Crippen MR) is 111 cm³/mol. The third-order valence-electron chi connectivity index (χ3n) is 4.93. The van der Waals surface area contributed by atoms with Crippen molar-refractivity contribution in [2.75, 3.05) is 0 Å². The number of aldehydes is 1. The molecule has 3 atom stereocenters. The first kappa shape index (κ1) is 21.5. The van der Waals surface area contributed by atoms with Gasteiger partial charge in [0.25, 0.3) is 0 Å². The number of carbonyl (C=O) groups excluding carboxylic acids is 1. The molecular formula is C23H28N2O3. The zero-order valence-electron chi connectivity index (χ0n) is 16.6.